The van der Waals surface area contributed by atoms with Crippen molar-refractivity contribution in [3.63, 3.8) is 0 Å². The minimum Gasteiger partial charge on any atom is -0.497 e. The molecule has 0 fully saturated rings. The highest BCUT2D eigenvalue weighted by atomic mass is 19.4. The molecule has 9 heteroatoms. The number of ether oxygens (including phenoxy) is 3. The molecule has 3 rings (SSSR count). The molecule has 0 aliphatic rings. The molecule has 0 aliphatic heterocycles. The molecule has 0 bridgehead atoms. The molecule has 0 saturated carbocycles. The van der Waals surface area contributed by atoms with E-state index < -0.39 is 11.9 Å². The Morgan fingerprint density at radius 3 is 2.54 bits per heavy atom. The number of pyridine rings is 1. The quantitative estimate of drug-likeness (QED) is 0.690. The minimum absolute atomic E-state index is 0.0579. The van der Waals surface area contributed by atoms with Crippen molar-refractivity contribution in [2.45, 2.75) is 12.8 Å². The van der Waals surface area contributed by atoms with Crippen LogP contribution in [0.1, 0.15) is 11.3 Å². The number of nitrogens with zero attached hydrogens (tertiary/aromatic N) is 3. The van der Waals surface area contributed by atoms with Gasteiger partial charge in [-0.05, 0) is 6.07 Å². The van der Waals surface area contributed by atoms with Crippen LogP contribution >= 0.6 is 0 Å². The Balaban J connectivity index is 1.98. The molecule has 2 aromatic heterocycles. The molecular weight excluding hydrogens is 351 g/mol. The predicted molar refractivity (Wildman–Crippen MR) is 87.4 cm³/mol. The highest BCUT2D eigenvalue weighted by molar-refractivity contribution is 5.92. The summed E-state index contributed by atoms with van der Waals surface area (Å²) in [5, 5.41) is 4.23. The van der Waals surface area contributed by atoms with Crippen LogP contribution in [0.15, 0.2) is 30.6 Å². The molecular formula is C17H16F3N3O3. The molecule has 0 spiro atoms. The van der Waals surface area contributed by atoms with Crippen molar-refractivity contribution in [2.75, 3.05) is 14.2 Å². The standard InChI is InChI=1S/C17H16F3N3O3/c1-23-16(17(18,19)20)10(8-22-23)9-26-13-4-5-21-12-6-11(24-2)7-14(25-3)15(12)13/h4-8H,9H2,1-3H3. The first-order valence-electron chi connectivity index (χ1n) is 7.56. The lowest BCUT2D eigenvalue weighted by Gasteiger charge is -2.14. The average Bonchev–Trinajstić information content (AvgIpc) is 2.99. The Bertz CT molecular complexity index is 938. The van der Waals surface area contributed by atoms with Gasteiger partial charge in [0.2, 0.25) is 0 Å². The highest BCUT2D eigenvalue weighted by Crippen LogP contribution is 2.37. The van der Waals surface area contributed by atoms with Crippen molar-refractivity contribution in [3.05, 3.63) is 41.9 Å². The molecule has 138 valence electrons. The molecule has 3 aromatic rings. The van der Waals surface area contributed by atoms with Crippen LogP contribution in [0, 0.1) is 0 Å². The smallest absolute Gasteiger partial charge is 0.433 e. The van der Waals surface area contributed by atoms with Gasteiger partial charge in [0.1, 0.15) is 29.5 Å². The van der Waals surface area contributed by atoms with E-state index in [1.165, 1.54) is 27.5 Å². The molecule has 6 nitrogen and oxygen atoms in total. The van der Waals surface area contributed by atoms with E-state index in [4.69, 9.17) is 14.2 Å². The van der Waals surface area contributed by atoms with Gasteiger partial charge >= 0.3 is 6.18 Å². The number of alkyl halides is 3. The van der Waals surface area contributed by atoms with Gasteiger partial charge in [-0.1, -0.05) is 0 Å². The fourth-order valence-corrected chi connectivity index (χ4v) is 2.70. The Hall–Kier alpha value is -2.97. The fourth-order valence-electron chi connectivity index (χ4n) is 2.70. The number of benzene rings is 1. The summed E-state index contributed by atoms with van der Waals surface area (Å²) >= 11 is 0. The molecule has 0 radical (unpaired) electrons. The van der Waals surface area contributed by atoms with Crippen molar-refractivity contribution >= 4 is 10.9 Å². The number of hydrogen-bond acceptors (Lipinski definition) is 5. The molecule has 0 saturated heterocycles. The molecule has 0 aliphatic carbocycles. The third kappa shape index (κ3) is 3.24. The highest BCUT2D eigenvalue weighted by Gasteiger charge is 2.37. The van der Waals surface area contributed by atoms with Crippen LogP contribution in [-0.4, -0.2) is 29.0 Å². The SMILES string of the molecule is COc1cc(OC)c2c(OCc3cnn(C)c3C(F)(F)F)ccnc2c1. The molecule has 0 N–H and O–H groups in total. The Morgan fingerprint density at radius 1 is 1.12 bits per heavy atom. The number of fused-ring (bicyclic) bond motifs is 1. The lowest BCUT2D eigenvalue weighted by Crippen LogP contribution is -2.15. The van der Waals surface area contributed by atoms with Crippen molar-refractivity contribution in [3.8, 4) is 17.2 Å². The van der Waals surface area contributed by atoms with Crippen molar-refractivity contribution < 1.29 is 27.4 Å². The molecule has 1 aromatic carbocycles. The van der Waals surface area contributed by atoms with Gasteiger partial charge in [0.05, 0.1) is 31.3 Å². The van der Waals surface area contributed by atoms with Gasteiger partial charge in [-0.25, -0.2) is 0 Å². The lowest BCUT2D eigenvalue weighted by molar-refractivity contribution is -0.144. The van der Waals surface area contributed by atoms with Crippen LogP contribution in [0.3, 0.4) is 0 Å². The summed E-state index contributed by atoms with van der Waals surface area (Å²) in [6, 6.07) is 4.92. The number of rotatable bonds is 5. The van der Waals surface area contributed by atoms with Crippen LogP contribution in [0.25, 0.3) is 10.9 Å². The zero-order valence-electron chi connectivity index (χ0n) is 14.3. The molecule has 0 amide bonds. The maximum atomic E-state index is 13.2. The topological polar surface area (TPSA) is 58.4 Å². The summed E-state index contributed by atoms with van der Waals surface area (Å²) in [6.45, 7) is -0.295. The second-order valence-electron chi connectivity index (χ2n) is 5.46. The maximum Gasteiger partial charge on any atom is 0.433 e. The van der Waals surface area contributed by atoms with Crippen LogP contribution in [0.5, 0.6) is 17.2 Å². The first-order chi connectivity index (χ1) is 12.3. The third-order valence-corrected chi connectivity index (χ3v) is 3.86. The van der Waals surface area contributed by atoms with Crippen LogP contribution in [0.2, 0.25) is 0 Å². The van der Waals surface area contributed by atoms with Gasteiger partial charge in [0.15, 0.2) is 0 Å². The van der Waals surface area contributed by atoms with Crippen LogP contribution in [0.4, 0.5) is 13.2 Å². The van der Waals surface area contributed by atoms with E-state index in [-0.39, 0.29) is 12.2 Å². The van der Waals surface area contributed by atoms with Gasteiger partial charge < -0.3 is 14.2 Å². The largest absolute Gasteiger partial charge is 0.497 e. The predicted octanol–water partition coefficient (Wildman–Crippen LogP) is 3.58. The summed E-state index contributed by atoms with van der Waals surface area (Å²) in [5.41, 5.74) is -0.358. The van der Waals surface area contributed by atoms with E-state index in [0.29, 0.717) is 28.2 Å². The number of halogens is 3. The van der Waals surface area contributed by atoms with E-state index in [1.807, 2.05) is 0 Å². The Morgan fingerprint density at radius 2 is 1.88 bits per heavy atom. The van der Waals surface area contributed by atoms with Crippen molar-refractivity contribution in [2.24, 2.45) is 7.05 Å². The Labute approximate surface area is 147 Å². The zero-order chi connectivity index (χ0) is 18.9. The number of methoxy groups -OCH3 is 2. The summed E-state index contributed by atoms with van der Waals surface area (Å²) < 4.78 is 56.5. The minimum atomic E-state index is -4.52. The second kappa shape index (κ2) is 6.74. The molecule has 2 heterocycles. The molecule has 26 heavy (non-hydrogen) atoms. The van der Waals surface area contributed by atoms with E-state index in [1.54, 1.807) is 18.2 Å². The lowest BCUT2D eigenvalue weighted by atomic mass is 10.1. The second-order valence-corrected chi connectivity index (χ2v) is 5.46. The van der Waals surface area contributed by atoms with Gasteiger partial charge in [0.25, 0.3) is 0 Å². The van der Waals surface area contributed by atoms with Crippen LogP contribution in [-0.2, 0) is 19.8 Å². The number of aromatic nitrogens is 3. The monoisotopic (exact) mass is 367 g/mol. The van der Waals surface area contributed by atoms with Crippen LogP contribution < -0.4 is 14.2 Å². The van der Waals surface area contributed by atoms with Crippen molar-refractivity contribution in [1.82, 2.24) is 14.8 Å². The molecule has 0 unspecified atom stereocenters. The average molecular weight is 367 g/mol. The maximum absolute atomic E-state index is 13.2. The van der Waals surface area contributed by atoms with E-state index in [9.17, 15) is 13.2 Å². The van der Waals surface area contributed by atoms with Gasteiger partial charge in [0, 0.05) is 30.9 Å². The number of hydrogen-bond donors (Lipinski definition) is 0. The molecule has 0 atom stereocenters. The third-order valence-electron chi connectivity index (χ3n) is 3.86. The summed E-state index contributed by atoms with van der Waals surface area (Å²) in [6.07, 6.45) is -1.87. The summed E-state index contributed by atoms with van der Waals surface area (Å²) in [5.74, 6) is 1.35. The Kier molecular flexibility index (Phi) is 4.62. The normalized spacial score (nSPS) is 11.6. The van der Waals surface area contributed by atoms with E-state index >= 15 is 0 Å². The first kappa shape index (κ1) is 17.8. The summed E-state index contributed by atoms with van der Waals surface area (Å²) in [7, 11) is 4.24. The first-order valence-corrected chi connectivity index (χ1v) is 7.56. The zero-order valence-corrected chi connectivity index (χ0v) is 14.3. The van der Waals surface area contributed by atoms with Gasteiger partial charge in [-0.15, -0.1) is 0 Å². The van der Waals surface area contributed by atoms with E-state index in [2.05, 4.69) is 10.1 Å². The fraction of sp³-hybridized carbons (Fsp3) is 0.294. The van der Waals surface area contributed by atoms with Crippen molar-refractivity contribution in [1.29, 1.82) is 0 Å². The summed E-state index contributed by atoms with van der Waals surface area (Å²) in [4.78, 5) is 4.24. The van der Waals surface area contributed by atoms with Gasteiger partial charge in [-0.2, -0.15) is 18.3 Å². The van der Waals surface area contributed by atoms with Gasteiger partial charge in [-0.3, -0.25) is 9.67 Å². The van der Waals surface area contributed by atoms with E-state index in [0.717, 1.165) is 10.9 Å². The number of aryl methyl sites for hydroxylation is 1.